The first-order valence-electron chi connectivity index (χ1n) is 6.80. The molecule has 1 aromatic carbocycles. The zero-order valence-corrected chi connectivity index (χ0v) is 13.9. The van der Waals surface area contributed by atoms with Crippen molar-refractivity contribution in [3.8, 4) is 17.2 Å². The summed E-state index contributed by atoms with van der Waals surface area (Å²) in [6, 6.07) is 3.14. The van der Waals surface area contributed by atoms with Crippen LogP contribution in [0.3, 0.4) is 0 Å². The molecule has 0 fully saturated rings. The highest BCUT2D eigenvalue weighted by Gasteiger charge is 2.17. The van der Waals surface area contributed by atoms with E-state index in [4.69, 9.17) is 26.4 Å². The summed E-state index contributed by atoms with van der Waals surface area (Å²) in [4.78, 5) is 12.1. The summed E-state index contributed by atoms with van der Waals surface area (Å²) in [5, 5.41) is 3.19. The summed E-state index contributed by atoms with van der Waals surface area (Å²) in [5.74, 6) is 0.918. The van der Waals surface area contributed by atoms with Crippen LogP contribution in [0.25, 0.3) is 0 Å². The van der Waals surface area contributed by atoms with E-state index in [1.807, 2.05) is 13.8 Å². The highest BCUT2D eigenvalue weighted by Crippen LogP contribution is 2.38. The van der Waals surface area contributed by atoms with Gasteiger partial charge >= 0.3 is 0 Å². The highest BCUT2D eigenvalue weighted by molar-refractivity contribution is 7.80. The van der Waals surface area contributed by atoms with Gasteiger partial charge in [0.15, 0.2) is 16.6 Å². The van der Waals surface area contributed by atoms with E-state index in [1.54, 1.807) is 12.1 Å². The Balaban J connectivity index is 2.94. The number of amides is 1. The fraction of sp³-hybridized carbons (Fsp3) is 0.429. The lowest BCUT2D eigenvalue weighted by Gasteiger charge is -2.15. The average Bonchev–Trinajstić information content (AvgIpc) is 2.53. The minimum Gasteiger partial charge on any atom is -0.493 e. The molecule has 0 aliphatic rings. The summed E-state index contributed by atoms with van der Waals surface area (Å²) >= 11 is 4.97. The van der Waals surface area contributed by atoms with Crippen molar-refractivity contribution in [2.75, 3.05) is 27.4 Å². The van der Waals surface area contributed by atoms with Crippen LogP contribution in [0.15, 0.2) is 12.1 Å². The maximum Gasteiger partial charge on any atom is 0.269 e. The molecule has 0 unspecified atom stereocenters. The van der Waals surface area contributed by atoms with Gasteiger partial charge in [-0.05, 0) is 38.2 Å². The molecule has 7 nitrogen and oxygen atoms in total. The Morgan fingerprint density at radius 3 is 2.18 bits per heavy atom. The molecule has 0 aromatic heterocycles. The number of nitrogens with one attached hydrogen (secondary N) is 3. The van der Waals surface area contributed by atoms with Crippen LogP contribution in [0, 0.1) is 0 Å². The molecule has 122 valence electrons. The van der Waals surface area contributed by atoms with Crippen molar-refractivity contribution in [2.24, 2.45) is 0 Å². The fourth-order valence-corrected chi connectivity index (χ4v) is 1.88. The van der Waals surface area contributed by atoms with Crippen molar-refractivity contribution >= 4 is 23.2 Å². The Labute approximate surface area is 135 Å². The molecule has 0 bridgehead atoms. The van der Waals surface area contributed by atoms with E-state index in [1.165, 1.54) is 14.2 Å². The molecule has 3 N–H and O–H groups in total. The Kier molecular flexibility index (Phi) is 7.24. The molecule has 22 heavy (non-hydrogen) atoms. The monoisotopic (exact) mass is 327 g/mol. The van der Waals surface area contributed by atoms with E-state index in [0.717, 1.165) is 0 Å². The van der Waals surface area contributed by atoms with E-state index in [9.17, 15) is 4.79 Å². The van der Waals surface area contributed by atoms with E-state index in [0.29, 0.717) is 41.1 Å². The Morgan fingerprint density at radius 1 is 1.14 bits per heavy atom. The maximum absolute atomic E-state index is 12.1. The van der Waals surface area contributed by atoms with E-state index < -0.39 is 0 Å². The van der Waals surface area contributed by atoms with Gasteiger partial charge in [0.1, 0.15) is 0 Å². The molecule has 0 radical (unpaired) electrons. The number of ether oxygens (including phenoxy) is 3. The number of hydrazine groups is 1. The van der Waals surface area contributed by atoms with Crippen molar-refractivity contribution in [1.82, 2.24) is 16.2 Å². The number of hydrogen-bond acceptors (Lipinski definition) is 5. The van der Waals surface area contributed by atoms with Crippen molar-refractivity contribution < 1.29 is 19.0 Å². The first-order valence-corrected chi connectivity index (χ1v) is 7.21. The van der Waals surface area contributed by atoms with Gasteiger partial charge in [-0.2, -0.15) is 0 Å². The lowest BCUT2D eigenvalue weighted by molar-refractivity contribution is 0.0943. The molecule has 0 spiro atoms. The number of thiocarbonyl (C=S) groups is 1. The van der Waals surface area contributed by atoms with Gasteiger partial charge in [0, 0.05) is 12.1 Å². The van der Waals surface area contributed by atoms with Crippen LogP contribution in [0.5, 0.6) is 17.2 Å². The van der Waals surface area contributed by atoms with Crippen LogP contribution in [0.2, 0.25) is 0 Å². The number of methoxy groups -OCH3 is 2. The molecule has 1 amide bonds. The highest BCUT2D eigenvalue weighted by atomic mass is 32.1. The summed E-state index contributed by atoms with van der Waals surface area (Å²) in [7, 11) is 3.00. The third-order valence-corrected chi connectivity index (χ3v) is 2.88. The second-order valence-corrected chi connectivity index (χ2v) is 4.49. The maximum atomic E-state index is 12.1. The smallest absolute Gasteiger partial charge is 0.269 e. The molecule has 0 aliphatic carbocycles. The number of carbonyl (C=O) groups excluding carboxylic acids is 1. The number of rotatable bonds is 6. The van der Waals surface area contributed by atoms with Crippen LogP contribution in [-0.2, 0) is 0 Å². The van der Waals surface area contributed by atoms with Crippen LogP contribution >= 0.6 is 12.2 Å². The molecule has 1 aromatic rings. The zero-order valence-electron chi connectivity index (χ0n) is 13.1. The molecule has 0 saturated heterocycles. The second-order valence-electron chi connectivity index (χ2n) is 4.08. The van der Waals surface area contributed by atoms with Gasteiger partial charge in [-0.3, -0.25) is 15.6 Å². The minimum atomic E-state index is -0.375. The standard InChI is InChI=1S/C14H21N3O4S/c1-5-15-14(22)17-16-13(18)9-7-10(19-3)12(21-6-2)11(8-9)20-4/h7-8H,5-6H2,1-4H3,(H,16,18)(H2,15,17,22). The fourth-order valence-electron chi connectivity index (χ4n) is 1.69. The molecule has 1 rings (SSSR count). The molecule has 0 saturated carbocycles. The molecule has 8 heteroatoms. The van der Waals surface area contributed by atoms with Crippen LogP contribution in [0.1, 0.15) is 24.2 Å². The number of hydrogen-bond donors (Lipinski definition) is 3. The summed E-state index contributed by atoms with van der Waals surface area (Å²) < 4.78 is 16.0. The van der Waals surface area contributed by atoms with Gasteiger partial charge in [-0.15, -0.1) is 0 Å². The third kappa shape index (κ3) is 4.66. The predicted molar refractivity (Wildman–Crippen MR) is 87.6 cm³/mol. The Morgan fingerprint density at radius 2 is 1.73 bits per heavy atom. The number of benzene rings is 1. The Hall–Kier alpha value is -2.22. The Bertz CT molecular complexity index is 512. The van der Waals surface area contributed by atoms with Crippen LogP contribution in [-0.4, -0.2) is 38.4 Å². The van der Waals surface area contributed by atoms with Gasteiger partial charge in [0.25, 0.3) is 5.91 Å². The van der Waals surface area contributed by atoms with E-state index in [2.05, 4.69) is 16.2 Å². The van der Waals surface area contributed by atoms with Crippen LogP contribution < -0.4 is 30.4 Å². The first kappa shape index (κ1) is 17.8. The average molecular weight is 327 g/mol. The third-order valence-electron chi connectivity index (χ3n) is 2.64. The molecular formula is C14H21N3O4S. The molecular weight excluding hydrogens is 306 g/mol. The summed E-state index contributed by atoms with van der Waals surface area (Å²) in [5.41, 5.74) is 5.45. The van der Waals surface area contributed by atoms with Gasteiger partial charge < -0.3 is 19.5 Å². The summed E-state index contributed by atoms with van der Waals surface area (Å²) in [6.07, 6.45) is 0. The normalized spacial score (nSPS) is 9.64. The quantitative estimate of drug-likeness (QED) is 0.535. The minimum absolute atomic E-state index is 0.334. The lowest BCUT2D eigenvalue weighted by atomic mass is 10.1. The first-order chi connectivity index (χ1) is 10.6. The molecule has 0 heterocycles. The predicted octanol–water partition coefficient (Wildman–Crippen LogP) is 1.23. The molecule has 0 atom stereocenters. The van der Waals surface area contributed by atoms with Crippen molar-refractivity contribution in [3.63, 3.8) is 0 Å². The van der Waals surface area contributed by atoms with Gasteiger partial charge in [0.2, 0.25) is 5.75 Å². The SMILES string of the molecule is CCNC(=S)NNC(=O)c1cc(OC)c(OCC)c(OC)c1. The van der Waals surface area contributed by atoms with Gasteiger partial charge in [-0.25, -0.2) is 0 Å². The zero-order chi connectivity index (χ0) is 16.5. The largest absolute Gasteiger partial charge is 0.493 e. The lowest BCUT2D eigenvalue weighted by Crippen LogP contribution is -2.46. The summed E-state index contributed by atoms with van der Waals surface area (Å²) in [6.45, 7) is 4.87. The van der Waals surface area contributed by atoms with Crippen molar-refractivity contribution in [3.05, 3.63) is 17.7 Å². The van der Waals surface area contributed by atoms with E-state index in [-0.39, 0.29) is 5.91 Å². The molecule has 0 aliphatic heterocycles. The van der Waals surface area contributed by atoms with Crippen molar-refractivity contribution in [2.45, 2.75) is 13.8 Å². The topological polar surface area (TPSA) is 80.9 Å². The van der Waals surface area contributed by atoms with E-state index >= 15 is 0 Å². The van der Waals surface area contributed by atoms with Gasteiger partial charge in [0.05, 0.1) is 20.8 Å². The second kappa shape index (κ2) is 8.93. The van der Waals surface area contributed by atoms with Gasteiger partial charge in [-0.1, -0.05) is 0 Å². The van der Waals surface area contributed by atoms with Crippen molar-refractivity contribution in [1.29, 1.82) is 0 Å². The number of carbonyl (C=O) groups is 1. The van der Waals surface area contributed by atoms with Crippen LogP contribution in [0.4, 0.5) is 0 Å².